The summed E-state index contributed by atoms with van der Waals surface area (Å²) in [6.45, 7) is -0.427. The second kappa shape index (κ2) is 7.69. The van der Waals surface area contributed by atoms with Gasteiger partial charge in [-0.3, -0.25) is 10.1 Å². The van der Waals surface area contributed by atoms with Gasteiger partial charge >= 0.3 is 5.97 Å². The van der Waals surface area contributed by atoms with Crippen LogP contribution >= 0.6 is 0 Å². The number of nitro benzene ring substituents is 1. The zero-order valence-corrected chi connectivity index (χ0v) is 16.6. The highest BCUT2D eigenvalue weighted by molar-refractivity contribution is 7.90. The van der Waals surface area contributed by atoms with E-state index in [9.17, 15) is 31.7 Å². The third-order valence-electron chi connectivity index (χ3n) is 3.51. The van der Waals surface area contributed by atoms with Gasteiger partial charge in [0.25, 0.3) is 15.7 Å². The Hall–Kier alpha value is -2.77. The number of sulfone groups is 1. The zero-order chi connectivity index (χ0) is 21.3. The van der Waals surface area contributed by atoms with Gasteiger partial charge in [-0.2, -0.15) is 0 Å². The van der Waals surface area contributed by atoms with Crippen molar-refractivity contribution < 1.29 is 35.7 Å². The standard InChI is InChI=1S/C15H16N2O9S2/c1-16(2)28(23,24)14-7-5-11(26-14)9-25-15(18)10-4-6-13(27(3,21)22)12(8-10)17(19)20/h4-8H,9H2,1-3H3. The minimum atomic E-state index is -3.86. The quantitative estimate of drug-likeness (QED) is 0.356. The van der Waals surface area contributed by atoms with Crippen molar-refractivity contribution >= 4 is 31.5 Å². The van der Waals surface area contributed by atoms with Crippen LogP contribution in [-0.2, 0) is 31.2 Å². The third kappa shape index (κ3) is 4.55. The molecule has 11 nitrogen and oxygen atoms in total. The number of ether oxygens (including phenoxy) is 1. The number of hydrogen-bond acceptors (Lipinski definition) is 9. The first-order chi connectivity index (χ1) is 12.8. The first kappa shape index (κ1) is 21.5. The number of sulfonamides is 1. The van der Waals surface area contributed by atoms with E-state index in [0.717, 1.165) is 28.8 Å². The molecule has 0 fully saturated rings. The number of nitrogens with zero attached hydrogens (tertiary/aromatic N) is 2. The highest BCUT2D eigenvalue weighted by Gasteiger charge is 2.25. The van der Waals surface area contributed by atoms with Gasteiger partial charge < -0.3 is 9.15 Å². The molecule has 0 aliphatic rings. The minimum Gasteiger partial charge on any atom is -0.454 e. The van der Waals surface area contributed by atoms with Crippen LogP contribution < -0.4 is 0 Å². The molecule has 28 heavy (non-hydrogen) atoms. The van der Waals surface area contributed by atoms with Crippen molar-refractivity contribution in [2.24, 2.45) is 0 Å². The number of hydrogen-bond donors (Lipinski definition) is 0. The van der Waals surface area contributed by atoms with Crippen LogP contribution in [-0.4, -0.2) is 52.4 Å². The molecule has 1 aromatic heterocycles. The molecule has 2 aromatic rings. The largest absolute Gasteiger partial charge is 0.454 e. The summed E-state index contributed by atoms with van der Waals surface area (Å²) in [5.74, 6) is -0.937. The number of benzene rings is 1. The van der Waals surface area contributed by atoms with Crippen molar-refractivity contribution in [2.45, 2.75) is 16.6 Å². The second-order valence-corrected chi connectivity index (χ2v) is 9.86. The number of furan rings is 1. The molecule has 2 rings (SSSR count). The third-order valence-corrected chi connectivity index (χ3v) is 6.34. The molecule has 0 bridgehead atoms. The van der Waals surface area contributed by atoms with Crippen LogP contribution in [0.1, 0.15) is 16.1 Å². The van der Waals surface area contributed by atoms with Gasteiger partial charge in [0.1, 0.15) is 17.3 Å². The van der Waals surface area contributed by atoms with Crippen LogP contribution in [0.5, 0.6) is 0 Å². The molecule has 0 radical (unpaired) electrons. The number of nitro groups is 1. The van der Waals surface area contributed by atoms with Gasteiger partial charge in [-0.05, 0) is 24.3 Å². The maximum Gasteiger partial charge on any atom is 0.338 e. The molecule has 0 saturated heterocycles. The van der Waals surface area contributed by atoms with Crippen LogP contribution in [0, 0.1) is 10.1 Å². The van der Waals surface area contributed by atoms with E-state index in [4.69, 9.17) is 9.15 Å². The van der Waals surface area contributed by atoms with Gasteiger partial charge in [-0.1, -0.05) is 0 Å². The summed E-state index contributed by atoms with van der Waals surface area (Å²) < 4.78 is 58.1. The van der Waals surface area contributed by atoms with Crippen molar-refractivity contribution in [3.8, 4) is 0 Å². The molecule has 0 amide bonds. The summed E-state index contributed by atoms with van der Waals surface area (Å²) >= 11 is 0. The lowest BCUT2D eigenvalue weighted by Gasteiger charge is -2.08. The Bertz CT molecular complexity index is 1130. The fourth-order valence-corrected chi connectivity index (χ4v) is 3.72. The maximum atomic E-state index is 12.1. The highest BCUT2D eigenvalue weighted by Crippen LogP contribution is 2.25. The summed E-state index contributed by atoms with van der Waals surface area (Å²) in [6.07, 6.45) is 0.809. The summed E-state index contributed by atoms with van der Waals surface area (Å²) in [4.78, 5) is 21.7. The Morgan fingerprint density at radius 2 is 1.82 bits per heavy atom. The second-order valence-electron chi connectivity index (χ2n) is 5.80. The van der Waals surface area contributed by atoms with Crippen molar-refractivity contribution in [3.63, 3.8) is 0 Å². The fraction of sp³-hybridized carbons (Fsp3) is 0.267. The molecular formula is C15H16N2O9S2. The molecule has 152 valence electrons. The summed E-state index contributed by atoms with van der Waals surface area (Å²) in [7, 11) is -5.00. The van der Waals surface area contributed by atoms with E-state index < -0.39 is 47.9 Å². The average molecular weight is 432 g/mol. The summed E-state index contributed by atoms with van der Waals surface area (Å²) in [5.41, 5.74) is -0.999. The Labute approximate surface area is 160 Å². The lowest BCUT2D eigenvalue weighted by molar-refractivity contribution is -0.387. The van der Waals surface area contributed by atoms with E-state index in [1.165, 1.54) is 26.2 Å². The lowest BCUT2D eigenvalue weighted by atomic mass is 10.2. The van der Waals surface area contributed by atoms with E-state index >= 15 is 0 Å². The van der Waals surface area contributed by atoms with Gasteiger partial charge in [0, 0.05) is 26.4 Å². The van der Waals surface area contributed by atoms with Crippen molar-refractivity contribution in [1.82, 2.24) is 4.31 Å². The molecule has 1 heterocycles. The van der Waals surface area contributed by atoms with E-state index in [-0.39, 0.29) is 16.4 Å². The number of carbonyl (C=O) groups is 1. The maximum absolute atomic E-state index is 12.1. The van der Waals surface area contributed by atoms with Crippen LogP contribution in [0.3, 0.4) is 0 Å². The van der Waals surface area contributed by atoms with Crippen LogP contribution in [0.25, 0.3) is 0 Å². The van der Waals surface area contributed by atoms with Gasteiger partial charge in [-0.15, -0.1) is 0 Å². The topological polar surface area (TPSA) is 154 Å². The van der Waals surface area contributed by atoms with Crippen molar-refractivity contribution in [2.75, 3.05) is 20.4 Å². The van der Waals surface area contributed by atoms with Gasteiger partial charge in [0.15, 0.2) is 9.84 Å². The number of carbonyl (C=O) groups excluding carboxylic acids is 1. The van der Waals surface area contributed by atoms with E-state index in [0.29, 0.717) is 0 Å². The molecule has 0 atom stereocenters. The average Bonchev–Trinajstić information content (AvgIpc) is 3.07. The molecular weight excluding hydrogens is 416 g/mol. The van der Waals surface area contributed by atoms with Crippen molar-refractivity contribution in [1.29, 1.82) is 0 Å². The van der Waals surface area contributed by atoms with Crippen LogP contribution in [0.2, 0.25) is 0 Å². The summed E-state index contributed by atoms with van der Waals surface area (Å²) in [5, 5.41) is 10.8. The molecule has 0 saturated carbocycles. The fourth-order valence-electron chi connectivity index (χ4n) is 2.07. The van der Waals surface area contributed by atoms with Gasteiger partial charge in [0.05, 0.1) is 10.5 Å². The highest BCUT2D eigenvalue weighted by atomic mass is 32.2. The van der Waals surface area contributed by atoms with Crippen LogP contribution in [0.4, 0.5) is 5.69 Å². The van der Waals surface area contributed by atoms with E-state index in [2.05, 4.69) is 0 Å². The number of esters is 1. The first-order valence-corrected chi connectivity index (χ1v) is 10.8. The Morgan fingerprint density at radius 3 is 2.36 bits per heavy atom. The monoisotopic (exact) mass is 432 g/mol. The Balaban J connectivity index is 2.20. The van der Waals surface area contributed by atoms with E-state index in [1.807, 2.05) is 0 Å². The zero-order valence-electron chi connectivity index (χ0n) is 15.0. The van der Waals surface area contributed by atoms with Crippen molar-refractivity contribution in [3.05, 3.63) is 51.8 Å². The molecule has 0 spiro atoms. The predicted molar refractivity (Wildman–Crippen MR) is 94.9 cm³/mol. The van der Waals surface area contributed by atoms with E-state index in [1.54, 1.807) is 0 Å². The predicted octanol–water partition coefficient (Wildman–Crippen LogP) is 1.20. The minimum absolute atomic E-state index is 0.0380. The molecule has 0 N–H and O–H groups in total. The Kier molecular flexibility index (Phi) is 5.91. The normalized spacial score (nSPS) is 12.1. The molecule has 0 unspecified atom stereocenters. The molecule has 1 aromatic carbocycles. The molecule has 0 aliphatic heterocycles. The van der Waals surface area contributed by atoms with Gasteiger partial charge in [0.2, 0.25) is 5.09 Å². The van der Waals surface area contributed by atoms with Crippen LogP contribution in [0.15, 0.2) is 44.7 Å². The Morgan fingerprint density at radius 1 is 1.18 bits per heavy atom. The number of rotatable bonds is 7. The molecule has 0 aliphatic carbocycles. The smallest absolute Gasteiger partial charge is 0.338 e. The first-order valence-electron chi connectivity index (χ1n) is 7.51. The molecule has 13 heteroatoms. The SMILES string of the molecule is CN(C)S(=O)(=O)c1ccc(COC(=O)c2ccc(S(C)(=O)=O)c([N+](=O)[O-])c2)o1. The lowest BCUT2D eigenvalue weighted by Crippen LogP contribution is -2.21. The van der Waals surface area contributed by atoms with Gasteiger partial charge in [-0.25, -0.2) is 25.9 Å². The summed E-state index contributed by atoms with van der Waals surface area (Å²) in [6, 6.07) is 5.32.